The van der Waals surface area contributed by atoms with Crippen LogP contribution in [0.5, 0.6) is 0 Å². The second kappa shape index (κ2) is 3.74. The molecule has 0 bridgehead atoms. The average molecular weight is 161 g/mol. The van der Waals surface area contributed by atoms with Crippen LogP contribution < -0.4 is 16.6 Å². The molecule has 1 aliphatic heterocycles. The molecule has 0 atom stereocenters. The number of ether oxygens (including phenoxy) is 1. The molecule has 1 aromatic carbocycles. The molecule has 0 spiro atoms. The average Bonchev–Trinajstić information content (AvgIpc) is 2.28. The summed E-state index contributed by atoms with van der Waals surface area (Å²) in [7, 11) is 0. The molecule has 1 aromatic rings. The SMILES string of the molecule is C1=COC=c2ccccc2=C1.N. The second-order valence-electron chi connectivity index (χ2n) is 2.38. The number of fused-ring (bicyclic) bond motifs is 1. The summed E-state index contributed by atoms with van der Waals surface area (Å²) in [6.45, 7) is 0. The third-order valence-electron chi connectivity index (χ3n) is 1.62. The Balaban J connectivity index is 0.000000720. The van der Waals surface area contributed by atoms with E-state index < -0.39 is 0 Å². The van der Waals surface area contributed by atoms with E-state index in [0.717, 1.165) is 5.22 Å². The maximum absolute atomic E-state index is 5.08. The topological polar surface area (TPSA) is 44.2 Å². The van der Waals surface area contributed by atoms with Crippen molar-refractivity contribution in [3.63, 3.8) is 0 Å². The van der Waals surface area contributed by atoms with E-state index in [1.807, 2.05) is 30.4 Å². The zero-order chi connectivity index (χ0) is 7.52. The molecule has 0 aliphatic carbocycles. The van der Waals surface area contributed by atoms with Crippen molar-refractivity contribution in [3.05, 3.63) is 47.0 Å². The molecular weight excluding hydrogens is 150 g/mol. The van der Waals surface area contributed by atoms with Gasteiger partial charge in [0.1, 0.15) is 0 Å². The number of hydrogen-bond donors (Lipinski definition) is 1. The molecule has 0 unspecified atom stereocenters. The molecule has 0 saturated carbocycles. The number of rotatable bonds is 0. The fraction of sp³-hybridized carbons (Fsp3) is 0. The molecule has 0 saturated heterocycles. The Kier molecular flexibility index (Phi) is 2.66. The highest BCUT2D eigenvalue weighted by molar-refractivity contribution is 5.40. The quantitative estimate of drug-likeness (QED) is 0.614. The van der Waals surface area contributed by atoms with Gasteiger partial charge in [-0.25, -0.2) is 0 Å². The van der Waals surface area contributed by atoms with Crippen molar-refractivity contribution in [2.24, 2.45) is 0 Å². The van der Waals surface area contributed by atoms with Crippen LogP contribution in [0.1, 0.15) is 0 Å². The first-order valence-electron chi connectivity index (χ1n) is 3.54. The van der Waals surface area contributed by atoms with E-state index in [4.69, 9.17) is 4.74 Å². The molecule has 3 N–H and O–H groups in total. The van der Waals surface area contributed by atoms with Crippen molar-refractivity contribution in [1.29, 1.82) is 0 Å². The van der Waals surface area contributed by atoms with E-state index in [-0.39, 0.29) is 6.15 Å². The maximum atomic E-state index is 5.08. The van der Waals surface area contributed by atoms with Gasteiger partial charge in [0.05, 0.1) is 12.5 Å². The lowest BCUT2D eigenvalue weighted by molar-refractivity contribution is 0.461. The molecule has 2 heteroatoms. The van der Waals surface area contributed by atoms with Gasteiger partial charge in [0.2, 0.25) is 0 Å². The minimum Gasteiger partial charge on any atom is -0.472 e. The highest BCUT2D eigenvalue weighted by Crippen LogP contribution is 1.83. The van der Waals surface area contributed by atoms with Gasteiger partial charge < -0.3 is 10.9 Å². The molecule has 0 amide bonds. The Hall–Kier alpha value is -1.54. The van der Waals surface area contributed by atoms with Gasteiger partial charge in [0.15, 0.2) is 0 Å². The lowest BCUT2D eigenvalue weighted by Gasteiger charge is -1.86. The molecule has 0 radical (unpaired) electrons. The molecule has 1 heterocycles. The summed E-state index contributed by atoms with van der Waals surface area (Å²) < 4.78 is 5.08. The first-order valence-corrected chi connectivity index (χ1v) is 3.54. The largest absolute Gasteiger partial charge is 0.472 e. The standard InChI is InChI=1S/C10H8O.H3N/c1-2-5-10-8-11-7-3-6-9(10)4-1;/h1-8H;1H3. The van der Waals surface area contributed by atoms with Crippen LogP contribution >= 0.6 is 0 Å². The van der Waals surface area contributed by atoms with Gasteiger partial charge in [0, 0.05) is 5.22 Å². The molecule has 12 heavy (non-hydrogen) atoms. The van der Waals surface area contributed by atoms with Crippen LogP contribution in [0.15, 0.2) is 36.6 Å². The molecule has 2 nitrogen and oxygen atoms in total. The minimum atomic E-state index is 0. The summed E-state index contributed by atoms with van der Waals surface area (Å²) in [5.74, 6) is 0. The van der Waals surface area contributed by atoms with Crippen molar-refractivity contribution in [3.8, 4) is 0 Å². The summed E-state index contributed by atoms with van der Waals surface area (Å²) in [4.78, 5) is 0. The van der Waals surface area contributed by atoms with Crippen LogP contribution in [-0.2, 0) is 4.74 Å². The van der Waals surface area contributed by atoms with Crippen molar-refractivity contribution in [1.82, 2.24) is 6.15 Å². The maximum Gasteiger partial charge on any atom is 0.0979 e. The van der Waals surface area contributed by atoms with Gasteiger partial charge in [-0.05, 0) is 11.3 Å². The summed E-state index contributed by atoms with van der Waals surface area (Å²) in [6, 6.07) is 8.10. The Labute approximate surface area is 71.1 Å². The van der Waals surface area contributed by atoms with Gasteiger partial charge in [-0.3, -0.25) is 0 Å². The van der Waals surface area contributed by atoms with Gasteiger partial charge in [-0.2, -0.15) is 0 Å². The number of benzene rings is 1. The van der Waals surface area contributed by atoms with Crippen LogP contribution in [0.4, 0.5) is 0 Å². The van der Waals surface area contributed by atoms with E-state index in [9.17, 15) is 0 Å². The Bertz CT molecular complexity index is 393. The number of allylic oxidation sites excluding steroid dienone is 1. The van der Waals surface area contributed by atoms with Crippen LogP contribution in [0.3, 0.4) is 0 Å². The molecular formula is C10H11NO. The fourth-order valence-corrected chi connectivity index (χ4v) is 1.07. The lowest BCUT2D eigenvalue weighted by atomic mass is 10.2. The zero-order valence-corrected chi connectivity index (χ0v) is 6.73. The van der Waals surface area contributed by atoms with Crippen molar-refractivity contribution in [2.75, 3.05) is 0 Å². The summed E-state index contributed by atoms with van der Waals surface area (Å²) in [5.41, 5.74) is 0. The van der Waals surface area contributed by atoms with Crippen LogP contribution in [-0.4, -0.2) is 0 Å². The van der Waals surface area contributed by atoms with Crippen LogP contribution in [0.25, 0.3) is 12.3 Å². The smallest absolute Gasteiger partial charge is 0.0979 e. The summed E-state index contributed by atoms with van der Waals surface area (Å²) in [6.07, 6.45) is 7.33. The molecule has 1 aliphatic rings. The van der Waals surface area contributed by atoms with Crippen molar-refractivity contribution >= 4 is 12.3 Å². The predicted octanol–water partition coefficient (Wildman–Crippen LogP) is 0.911. The fourth-order valence-electron chi connectivity index (χ4n) is 1.07. The first kappa shape index (κ1) is 8.56. The minimum absolute atomic E-state index is 0. The molecule has 0 aromatic heterocycles. The van der Waals surface area contributed by atoms with Crippen LogP contribution in [0.2, 0.25) is 0 Å². The van der Waals surface area contributed by atoms with E-state index >= 15 is 0 Å². The monoisotopic (exact) mass is 161 g/mol. The Morgan fingerprint density at radius 1 is 1.00 bits per heavy atom. The lowest BCUT2D eigenvalue weighted by Crippen LogP contribution is -2.22. The normalized spacial score (nSPS) is 12.3. The van der Waals surface area contributed by atoms with Gasteiger partial charge >= 0.3 is 0 Å². The zero-order valence-electron chi connectivity index (χ0n) is 6.73. The third-order valence-corrected chi connectivity index (χ3v) is 1.62. The van der Waals surface area contributed by atoms with Crippen LogP contribution in [0, 0.1) is 0 Å². The Morgan fingerprint density at radius 2 is 1.75 bits per heavy atom. The molecule has 0 fully saturated rings. The second-order valence-corrected chi connectivity index (χ2v) is 2.38. The highest BCUT2D eigenvalue weighted by atomic mass is 16.5. The first-order chi connectivity index (χ1) is 5.47. The molecule has 2 rings (SSSR count). The Morgan fingerprint density at radius 3 is 2.58 bits per heavy atom. The van der Waals surface area contributed by atoms with E-state index in [0.29, 0.717) is 0 Å². The van der Waals surface area contributed by atoms with E-state index in [1.165, 1.54) is 5.22 Å². The van der Waals surface area contributed by atoms with E-state index in [1.54, 1.807) is 12.5 Å². The highest BCUT2D eigenvalue weighted by Gasteiger charge is 1.84. The summed E-state index contributed by atoms with van der Waals surface area (Å²) >= 11 is 0. The van der Waals surface area contributed by atoms with Gasteiger partial charge in [0.25, 0.3) is 0 Å². The van der Waals surface area contributed by atoms with E-state index in [2.05, 4.69) is 6.07 Å². The van der Waals surface area contributed by atoms with Crippen molar-refractivity contribution in [2.45, 2.75) is 0 Å². The van der Waals surface area contributed by atoms with Gasteiger partial charge in [-0.1, -0.05) is 30.3 Å². The molecule has 62 valence electrons. The third kappa shape index (κ3) is 1.54. The van der Waals surface area contributed by atoms with Crippen molar-refractivity contribution < 1.29 is 4.74 Å². The predicted molar refractivity (Wildman–Crippen MR) is 49.9 cm³/mol. The summed E-state index contributed by atoms with van der Waals surface area (Å²) in [5, 5.41) is 2.32. The number of hydrogen-bond acceptors (Lipinski definition) is 2. The van der Waals surface area contributed by atoms with Gasteiger partial charge in [-0.15, -0.1) is 0 Å².